The minimum Gasteiger partial charge on any atom is -0.507 e. The molecule has 4 rings (SSSR count). The molecule has 1 aromatic heterocycles. The topological polar surface area (TPSA) is 90.5 Å². The van der Waals surface area contributed by atoms with Crippen LogP contribution in [0.15, 0.2) is 72.9 Å². The molecule has 3 aromatic carbocycles. The fourth-order valence-corrected chi connectivity index (χ4v) is 3.40. The third-order valence-corrected chi connectivity index (χ3v) is 5.08. The predicted octanol–water partition coefficient (Wildman–Crippen LogP) is 4.99. The summed E-state index contributed by atoms with van der Waals surface area (Å²) in [6, 6.07) is 20.7. The fourth-order valence-electron chi connectivity index (χ4n) is 3.40. The van der Waals surface area contributed by atoms with Crippen molar-refractivity contribution in [3.8, 4) is 39.6 Å². The Bertz CT molecular complexity index is 1220. The number of nitrogens with zero attached hydrogens (tertiary/aromatic N) is 2. The average Bonchev–Trinajstić information content (AvgIpc) is 2.78. The van der Waals surface area contributed by atoms with E-state index in [-0.39, 0.29) is 11.7 Å². The lowest BCUT2D eigenvalue weighted by atomic mass is 9.99. The quantitative estimate of drug-likeness (QED) is 0.463. The number of nitrogen functional groups attached to an aromatic ring is 1. The number of phenols is 1. The molecule has 6 heteroatoms. The van der Waals surface area contributed by atoms with Gasteiger partial charge in [0.05, 0.1) is 12.8 Å². The number of aromatic hydroxyl groups is 1. The predicted molar refractivity (Wildman–Crippen MR) is 121 cm³/mol. The zero-order chi connectivity index (χ0) is 21.8. The maximum atomic E-state index is 10.8. The van der Waals surface area contributed by atoms with Crippen LogP contribution in [0.25, 0.3) is 22.4 Å². The summed E-state index contributed by atoms with van der Waals surface area (Å²) in [5.74, 6) is 1.39. The molecule has 0 aliphatic heterocycles. The van der Waals surface area contributed by atoms with Gasteiger partial charge in [-0.2, -0.15) is 0 Å². The lowest BCUT2D eigenvalue weighted by Gasteiger charge is -2.14. The third kappa shape index (κ3) is 4.28. The van der Waals surface area contributed by atoms with Crippen LogP contribution in [0.1, 0.15) is 11.1 Å². The molecule has 0 bridgehead atoms. The highest BCUT2D eigenvalue weighted by Crippen LogP contribution is 2.40. The van der Waals surface area contributed by atoms with E-state index in [4.69, 9.17) is 15.2 Å². The standard InChI is InChI=1S/C25H23N3O3/c1-16-7-3-4-8-17(16)15-31-18-11-12-20(22(29)13-18)24-21(14-27-25(26)28-24)19-9-5-6-10-23(19)30-2/h3-14,29H,15H2,1-2H3,(H2,26,27,28). The van der Waals surface area contributed by atoms with Crippen molar-refractivity contribution >= 4 is 5.95 Å². The van der Waals surface area contributed by atoms with E-state index in [2.05, 4.69) is 9.97 Å². The lowest BCUT2D eigenvalue weighted by molar-refractivity contribution is 0.303. The molecule has 3 N–H and O–H groups in total. The Kier molecular flexibility index (Phi) is 5.71. The molecule has 0 amide bonds. The number of hydrogen-bond acceptors (Lipinski definition) is 6. The van der Waals surface area contributed by atoms with Crippen LogP contribution in [-0.4, -0.2) is 22.2 Å². The van der Waals surface area contributed by atoms with E-state index < -0.39 is 0 Å². The van der Waals surface area contributed by atoms with Crippen LogP contribution in [0.5, 0.6) is 17.2 Å². The summed E-state index contributed by atoms with van der Waals surface area (Å²) in [7, 11) is 1.61. The number of methoxy groups -OCH3 is 1. The lowest BCUT2D eigenvalue weighted by Crippen LogP contribution is -2.00. The molecule has 0 fully saturated rings. The van der Waals surface area contributed by atoms with Crippen LogP contribution in [0, 0.1) is 6.92 Å². The molecule has 0 saturated carbocycles. The zero-order valence-electron chi connectivity index (χ0n) is 17.4. The number of rotatable bonds is 6. The van der Waals surface area contributed by atoms with Crippen molar-refractivity contribution in [1.82, 2.24) is 9.97 Å². The first-order valence-corrected chi connectivity index (χ1v) is 9.83. The van der Waals surface area contributed by atoms with Gasteiger partial charge in [0.25, 0.3) is 0 Å². The summed E-state index contributed by atoms with van der Waals surface area (Å²) < 4.78 is 11.4. The van der Waals surface area contributed by atoms with E-state index in [0.29, 0.717) is 34.9 Å². The van der Waals surface area contributed by atoms with E-state index in [1.165, 1.54) is 0 Å². The number of phenolic OH excluding ortho intramolecular Hbond substituents is 1. The molecular formula is C25H23N3O3. The van der Waals surface area contributed by atoms with Gasteiger partial charge >= 0.3 is 0 Å². The number of benzene rings is 3. The smallest absolute Gasteiger partial charge is 0.220 e. The Morgan fingerprint density at radius 3 is 2.48 bits per heavy atom. The molecular weight excluding hydrogens is 390 g/mol. The van der Waals surface area contributed by atoms with Crippen molar-refractivity contribution in [2.75, 3.05) is 12.8 Å². The molecule has 156 valence electrons. The molecule has 0 saturated heterocycles. The Morgan fingerprint density at radius 2 is 1.71 bits per heavy atom. The van der Waals surface area contributed by atoms with Gasteiger partial charge in [-0.05, 0) is 36.2 Å². The largest absolute Gasteiger partial charge is 0.507 e. The van der Waals surface area contributed by atoms with Crippen molar-refractivity contribution in [3.63, 3.8) is 0 Å². The highest BCUT2D eigenvalue weighted by atomic mass is 16.5. The second-order valence-electron chi connectivity index (χ2n) is 7.08. The molecule has 0 unspecified atom stereocenters. The summed E-state index contributed by atoms with van der Waals surface area (Å²) >= 11 is 0. The summed E-state index contributed by atoms with van der Waals surface area (Å²) in [5, 5.41) is 10.8. The van der Waals surface area contributed by atoms with Crippen molar-refractivity contribution in [3.05, 3.63) is 84.1 Å². The number of para-hydroxylation sites is 1. The van der Waals surface area contributed by atoms with E-state index in [0.717, 1.165) is 16.7 Å². The minimum atomic E-state index is 0.0385. The number of nitrogens with two attached hydrogens (primary N) is 1. The molecule has 0 radical (unpaired) electrons. The Labute approximate surface area is 180 Å². The van der Waals surface area contributed by atoms with Crippen LogP contribution in [0.3, 0.4) is 0 Å². The molecule has 4 aromatic rings. The molecule has 0 aliphatic rings. The van der Waals surface area contributed by atoms with Crippen molar-refractivity contribution < 1.29 is 14.6 Å². The maximum Gasteiger partial charge on any atom is 0.220 e. The van der Waals surface area contributed by atoms with E-state index in [9.17, 15) is 5.11 Å². The second-order valence-corrected chi connectivity index (χ2v) is 7.08. The highest BCUT2D eigenvalue weighted by Gasteiger charge is 2.17. The number of hydrogen-bond donors (Lipinski definition) is 2. The first kappa shape index (κ1) is 20.2. The van der Waals surface area contributed by atoms with Crippen LogP contribution < -0.4 is 15.2 Å². The maximum absolute atomic E-state index is 10.8. The van der Waals surface area contributed by atoms with Gasteiger partial charge in [-0.1, -0.05) is 42.5 Å². The van der Waals surface area contributed by atoms with Crippen molar-refractivity contribution in [1.29, 1.82) is 0 Å². The van der Waals surface area contributed by atoms with E-state index in [1.807, 2.05) is 55.5 Å². The van der Waals surface area contributed by atoms with Gasteiger partial charge in [0.1, 0.15) is 23.9 Å². The normalized spacial score (nSPS) is 10.6. The Balaban J connectivity index is 1.69. The number of ether oxygens (including phenoxy) is 2. The van der Waals surface area contributed by atoms with E-state index >= 15 is 0 Å². The monoisotopic (exact) mass is 413 g/mol. The molecule has 6 nitrogen and oxygen atoms in total. The summed E-state index contributed by atoms with van der Waals surface area (Å²) in [4.78, 5) is 8.54. The average molecular weight is 413 g/mol. The summed E-state index contributed by atoms with van der Waals surface area (Å²) in [6.07, 6.45) is 1.64. The summed E-state index contributed by atoms with van der Waals surface area (Å²) in [6.45, 7) is 2.45. The molecule has 1 heterocycles. The zero-order valence-corrected chi connectivity index (χ0v) is 17.4. The fraction of sp³-hybridized carbons (Fsp3) is 0.120. The van der Waals surface area contributed by atoms with Crippen LogP contribution >= 0.6 is 0 Å². The highest BCUT2D eigenvalue weighted by molar-refractivity contribution is 5.86. The van der Waals surface area contributed by atoms with Gasteiger partial charge < -0.3 is 20.3 Å². The molecule has 0 spiro atoms. The van der Waals surface area contributed by atoms with Gasteiger partial charge in [-0.25, -0.2) is 9.97 Å². The van der Waals surface area contributed by atoms with Crippen LogP contribution in [0.2, 0.25) is 0 Å². The minimum absolute atomic E-state index is 0.0385. The van der Waals surface area contributed by atoms with Crippen LogP contribution in [0.4, 0.5) is 5.95 Å². The first-order chi connectivity index (χ1) is 15.1. The van der Waals surface area contributed by atoms with Gasteiger partial charge in [-0.15, -0.1) is 0 Å². The SMILES string of the molecule is COc1ccccc1-c1cnc(N)nc1-c1ccc(OCc2ccccc2C)cc1O. The summed E-state index contributed by atoms with van der Waals surface area (Å²) in [5.41, 5.74) is 10.7. The first-order valence-electron chi connectivity index (χ1n) is 9.83. The third-order valence-electron chi connectivity index (χ3n) is 5.08. The molecule has 31 heavy (non-hydrogen) atoms. The Morgan fingerprint density at radius 1 is 0.935 bits per heavy atom. The van der Waals surface area contributed by atoms with Gasteiger partial charge in [0, 0.05) is 29.0 Å². The van der Waals surface area contributed by atoms with Gasteiger partial charge in [-0.3, -0.25) is 0 Å². The Hall–Kier alpha value is -4.06. The molecule has 0 aliphatic carbocycles. The van der Waals surface area contributed by atoms with Gasteiger partial charge in [0.15, 0.2) is 0 Å². The van der Waals surface area contributed by atoms with Gasteiger partial charge in [0.2, 0.25) is 5.95 Å². The second kappa shape index (κ2) is 8.75. The van der Waals surface area contributed by atoms with Crippen molar-refractivity contribution in [2.24, 2.45) is 0 Å². The number of aromatic nitrogens is 2. The molecule has 0 atom stereocenters. The van der Waals surface area contributed by atoms with Crippen LogP contribution in [-0.2, 0) is 6.61 Å². The van der Waals surface area contributed by atoms with Crippen molar-refractivity contribution in [2.45, 2.75) is 13.5 Å². The van der Waals surface area contributed by atoms with E-state index in [1.54, 1.807) is 31.5 Å². The number of anilines is 1. The number of aryl methyl sites for hydroxylation is 1.